The molecule has 1 atom stereocenters. The molecule has 0 saturated carbocycles. The molecule has 1 aromatic rings. The normalized spacial score (nSPS) is 20.0. The quantitative estimate of drug-likeness (QED) is 0.739. The summed E-state index contributed by atoms with van der Waals surface area (Å²) < 4.78 is 1.84. The molecule has 1 aromatic heterocycles. The Balaban J connectivity index is 2.39. The number of hydrogen-bond acceptors (Lipinski definition) is 2. The summed E-state index contributed by atoms with van der Waals surface area (Å²) >= 11 is 0. The molecule has 0 radical (unpaired) electrons. The van der Waals surface area contributed by atoms with Crippen molar-refractivity contribution in [2.24, 2.45) is 5.92 Å². The van der Waals surface area contributed by atoms with Gasteiger partial charge in [-0.05, 0) is 18.8 Å². The van der Waals surface area contributed by atoms with Crippen molar-refractivity contribution in [1.82, 2.24) is 9.55 Å². The smallest absolute Gasteiger partial charge is 0.253 e. The maximum Gasteiger partial charge on any atom is 0.253 e. The Morgan fingerprint density at radius 3 is 3.13 bits per heavy atom. The Kier molecular flexibility index (Phi) is 2.89. The number of fused-ring (bicyclic) bond motifs is 1. The SMILES string of the molecule is CCCc1cc(=O)n2c(n1)CC[C@H](C)C2. The van der Waals surface area contributed by atoms with Gasteiger partial charge in [-0.2, -0.15) is 0 Å². The van der Waals surface area contributed by atoms with Crippen LogP contribution >= 0.6 is 0 Å². The van der Waals surface area contributed by atoms with E-state index in [1.165, 1.54) is 0 Å². The lowest BCUT2D eigenvalue weighted by Gasteiger charge is -2.22. The Hall–Kier alpha value is -1.12. The van der Waals surface area contributed by atoms with E-state index < -0.39 is 0 Å². The number of aryl methyl sites for hydroxylation is 2. The molecule has 0 aliphatic carbocycles. The van der Waals surface area contributed by atoms with Crippen molar-refractivity contribution in [2.45, 2.75) is 46.1 Å². The van der Waals surface area contributed by atoms with E-state index >= 15 is 0 Å². The van der Waals surface area contributed by atoms with Crippen molar-refractivity contribution in [2.75, 3.05) is 0 Å². The molecule has 0 saturated heterocycles. The summed E-state index contributed by atoms with van der Waals surface area (Å²) in [6, 6.07) is 1.70. The molecule has 3 nitrogen and oxygen atoms in total. The molecular formula is C12H18N2O. The second kappa shape index (κ2) is 4.17. The first-order valence-electron chi connectivity index (χ1n) is 5.80. The predicted octanol–water partition coefficient (Wildman–Crippen LogP) is 1.78. The molecule has 82 valence electrons. The van der Waals surface area contributed by atoms with E-state index in [9.17, 15) is 4.79 Å². The number of aromatic nitrogens is 2. The molecule has 2 heterocycles. The van der Waals surface area contributed by atoms with Gasteiger partial charge >= 0.3 is 0 Å². The first-order chi connectivity index (χ1) is 7.20. The fourth-order valence-electron chi connectivity index (χ4n) is 2.15. The van der Waals surface area contributed by atoms with E-state index in [1.807, 2.05) is 4.57 Å². The second-order valence-corrected chi connectivity index (χ2v) is 4.51. The third kappa shape index (κ3) is 2.11. The molecule has 1 aliphatic rings. The van der Waals surface area contributed by atoms with E-state index in [2.05, 4.69) is 18.8 Å². The first-order valence-corrected chi connectivity index (χ1v) is 5.80. The number of hydrogen-bond donors (Lipinski definition) is 0. The minimum Gasteiger partial charge on any atom is -0.296 e. The maximum atomic E-state index is 11.8. The minimum atomic E-state index is 0.134. The molecule has 3 heteroatoms. The van der Waals surface area contributed by atoms with Crippen LogP contribution < -0.4 is 5.56 Å². The van der Waals surface area contributed by atoms with Crippen LogP contribution in [0.4, 0.5) is 0 Å². The van der Waals surface area contributed by atoms with Gasteiger partial charge in [-0.1, -0.05) is 20.3 Å². The molecular weight excluding hydrogens is 188 g/mol. The minimum absolute atomic E-state index is 0.134. The Labute approximate surface area is 90.2 Å². The van der Waals surface area contributed by atoms with E-state index in [0.29, 0.717) is 5.92 Å². The summed E-state index contributed by atoms with van der Waals surface area (Å²) in [7, 11) is 0. The number of nitrogens with zero attached hydrogens (tertiary/aromatic N) is 2. The van der Waals surface area contributed by atoms with Crippen molar-refractivity contribution in [3.63, 3.8) is 0 Å². The van der Waals surface area contributed by atoms with Gasteiger partial charge in [0.15, 0.2) is 0 Å². The van der Waals surface area contributed by atoms with Gasteiger partial charge in [0.2, 0.25) is 0 Å². The number of rotatable bonds is 2. The van der Waals surface area contributed by atoms with E-state index in [1.54, 1.807) is 6.07 Å². The van der Waals surface area contributed by atoms with Gasteiger partial charge in [-0.25, -0.2) is 4.98 Å². The van der Waals surface area contributed by atoms with Gasteiger partial charge < -0.3 is 0 Å². The van der Waals surface area contributed by atoms with Crippen molar-refractivity contribution >= 4 is 0 Å². The molecule has 0 aromatic carbocycles. The zero-order chi connectivity index (χ0) is 10.8. The van der Waals surface area contributed by atoms with Crippen molar-refractivity contribution in [3.05, 3.63) is 27.9 Å². The van der Waals surface area contributed by atoms with Crippen LogP contribution in [0.25, 0.3) is 0 Å². The van der Waals surface area contributed by atoms with E-state index in [4.69, 9.17) is 0 Å². The van der Waals surface area contributed by atoms with Crippen LogP contribution in [-0.2, 0) is 19.4 Å². The van der Waals surface area contributed by atoms with Crippen LogP contribution in [0, 0.1) is 5.92 Å². The van der Waals surface area contributed by atoms with E-state index in [-0.39, 0.29) is 5.56 Å². The van der Waals surface area contributed by atoms with Crippen molar-refractivity contribution in [1.29, 1.82) is 0 Å². The van der Waals surface area contributed by atoms with Crippen LogP contribution in [0.5, 0.6) is 0 Å². The zero-order valence-electron chi connectivity index (χ0n) is 9.49. The van der Waals surface area contributed by atoms with Crippen LogP contribution in [-0.4, -0.2) is 9.55 Å². The lowest BCUT2D eigenvalue weighted by Crippen LogP contribution is -2.31. The highest BCUT2D eigenvalue weighted by Gasteiger charge is 2.17. The molecule has 0 fully saturated rings. The highest BCUT2D eigenvalue weighted by molar-refractivity contribution is 5.06. The highest BCUT2D eigenvalue weighted by atomic mass is 16.1. The zero-order valence-corrected chi connectivity index (χ0v) is 9.49. The molecule has 1 aliphatic heterocycles. The summed E-state index contributed by atoms with van der Waals surface area (Å²) in [5.41, 5.74) is 1.10. The van der Waals surface area contributed by atoms with Gasteiger partial charge in [-0.15, -0.1) is 0 Å². The lowest BCUT2D eigenvalue weighted by atomic mass is 10.0. The fraction of sp³-hybridized carbons (Fsp3) is 0.667. The summed E-state index contributed by atoms with van der Waals surface area (Å²) in [5.74, 6) is 1.60. The predicted molar refractivity (Wildman–Crippen MR) is 60.0 cm³/mol. The van der Waals surface area contributed by atoms with Crippen molar-refractivity contribution in [3.8, 4) is 0 Å². The van der Waals surface area contributed by atoms with Gasteiger partial charge in [0.25, 0.3) is 5.56 Å². The third-order valence-corrected chi connectivity index (χ3v) is 3.00. The molecule has 0 bridgehead atoms. The first kappa shape index (κ1) is 10.4. The maximum absolute atomic E-state index is 11.8. The average Bonchev–Trinajstić information content (AvgIpc) is 2.20. The standard InChI is InChI=1S/C12H18N2O/c1-3-4-10-7-12(15)14-8-9(2)5-6-11(14)13-10/h7,9H,3-6,8H2,1-2H3/t9-/m0/s1. The van der Waals surface area contributed by atoms with Crippen LogP contribution in [0.1, 0.15) is 38.2 Å². The molecule has 15 heavy (non-hydrogen) atoms. The topological polar surface area (TPSA) is 34.9 Å². The Morgan fingerprint density at radius 2 is 2.40 bits per heavy atom. The molecule has 0 amide bonds. The molecule has 2 rings (SSSR count). The fourth-order valence-corrected chi connectivity index (χ4v) is 2.15. The molecule has 0 N–H and O–H groups in total. The summed E-state index contributed by atoms with van der Waals surface area (Å²) in [5, 5.41) is 0. The van der Waals surface area contributed by atoms with E-state index in [0.717, 1.165) is 43.7 Å². The second-order valence-electron chi connectivity index (χ2n) is 4.51. The molecule has 0 spiro atoms. The van der Waals surface area contributed by atoms with Crippen molar-refractivity contribution < 1.29 is 0 Å². The lowest BCUT2D eigenvalue weighted by molar-refractivity contribution is 0.377. The summed E-state index contributed by atoms with van der Waals surface area (Å²) in [6.07, 6.45) is 4.07. The summed E-state index contributed by atoms with van der Waals surface area (Å²) in [4.78, 5) is 16.4. The Bertz CT molecular complexity index is 409. The monoisotopic (exact) mass is 206 g/mol. The summed E-state index contributed by atoms with van der Waals surface area (Å²) in [6.45, 7) is 5.14. The highest BCUT2D eigenvalue weighted by Crippen LogP contribution is 2.16. The van der Waals surface area contributed by atoms with Crippen LogP contribution in [0.3, 0.4) is 0 Å². The van der Waals surface area contributed by atoms with Gasteiger partial charge in [-0.3, -0.25) is 9.36 Å². The van der Waals surface area contributed by atoms with Gasteiger partial charge in [0.05, 0.1) is 0 Å². The Morgan fingerprint density at radius 1 is 1.60 bits per heavy atom. The van der Waals surface area contributed by atoms with Crippen LogP contribution in [0.15, 0.2) is 10.9 Å². The largest absolute Gasteiger partial charge is 0.296 e. The van der Waals surface area contributed by atoms with Gasteiger partial charge in [0, 0.05) is 24.7 Å². The molecule has 0 unspecified atom stereocenters. The van der Waals surface area contributed by atoms with Gasteiger partial charge in [0.1, 0.15) is 5.82 Å². The van der Waals surface area contributed by atoms with Crippen LogP contribution in [0.2, 0.25) is 0 Å². The third-order valence-electron chi connectivity index (χ3n) is 3.00. The average molecular weight is 206 g/mol.